The molecule has 0 fully saturated rings. The molecule has 0 spiro atoms. The molecule has 0 saturated heterocycles. The van der Waals surface area contributed by atoms with Crippen LogP contribution in [0.1, 0.15) is 168 Å². The molecule has 7 nitrogen and oxygen atoms in total. The van der Waals surface area contributed by atoms with Crippen molar-refractivity contribution in [2.45, 2.75) is 175 Å². The predicted octanol–water partition coefficient (Wildman–Crippen LogP) is 35.0. The van der Waals surface area contributed by atoms with E-state index in [4.69, 9.17) is 8.75 Å². The largest absolute Gasteiger partial charge is 0.311 e. The van der Waals surface area contributed by atoms with E-state index in [2.05, 4.69) is 405 Å². The zero-order chi connectivity index (χ0) is 88.9. The molecule has 1 atom stereocenters. The highest BCUT2D eigenvalue weighted by Gasteiger charge is 2.37. The van der Waals surface area contributed by atoms with E-state index in [0.29, 0.717) is 5.92 Å². The van der Waals surface area contributed by atoms with E-state index in [1.165, 1.54) is 256 Å². The summed E-state index contributed by atoms with van der Waals surface area (Å²) in [5.74, 6) is 0.598. The molecule has 0 amide bonds. The Labute approximate surface area is 781 Å². The molecule has 21 rings (SSSR count). The number of rotatable bonds is 11. The summed E-state index contributed by atoms with van der Waals surface area (Å²) in [5, 5.41) is 0. The third-order valence-corrected chi connectivity index (χ3v) is 33.6. The fourth-order valence-corrected chi connectivity index (χ4v) is 25.3. The summed E-state index contributed by atoms with van der Waals surface area (Å²) in [5.41, 5.74) is 43.4. The van der Waals surface area contributed by atoms with Crippen LogP contribution in [-0.2, 0) is 10.8 Å². The van der Waals surface area contributed by atoms with Gasteiger partial charge in [-0.15, -0.1) is 68.0 Å². The summed E-state index contributed by atoms with van der Waals surface area (Å²) in [6.07, 6.45) is 1.17. The quantitative estimate of drug-likeness (QED) is 0.128. The van der Waals surface area contributed by atoms with Gasteiger partial charge in [0.25, 0.3) is 0 Å². The van der Waals surface area contributed by atoms with Gasteiger partial charge in [0.15, 0.2) is 0 Å². The number of thiophene rings is 6. The van der Waals surface area contributed by atoms with E-state index >= 15 is 0 Å². The summed E-state index contributed by atoms with van der Waals surface area (Å²) in [6.45, 7) is 48.3. The van der Waals surface area contributed by atoms with Gasteiger partial charge in [-0.2, -0.15) is 26.2 Å². The van der Waals surface area contributed by atoms with Crippen molar-refractivity contribution in [2.24, 2.45) is 0 Å². The first-order chi connectivity index (χ1) is 60.4. The van der Waals surface area contributed by atoms with E-state index in [1.807, 2.05) is 68.0 Å². The number of hydrogen-bond donors (Lipinski definition) is 0. The average molecular weight is 1820 g/mol. The molecule has 19 aromatic rings. The monoisotopic (exact) mass is 1810 g/mol. The summed E-state index contributed by atoms with van der Waals surface area (Å²) >= 11 is 15.0. The minimum absolute atomic E-state index is 0.142. The molecule has 0 aliphatic heterocycles. The number of aryl methyl sites for hydroxylation is 16. The Hall–Kier alpha value is -10.3. The lowest BCUT2D eigenvalue weighted by Gasteiger charge is -2.26. The summed E-state index contributed by atoms with van der Waals surface area (Å²) < 4.78 is 27.1. The van der Waals surface area contributed by atoms with Gasteiger partial charge in [0.1, 0.15) is 33.1 Å². The number of nitrogens with zero attached hydrogens (tertiary/aromatic N) is 7. The van der Waals surface area contributed by atoms with Gasteiger partial charge in [0.05, 0.1) is 35.2 Å². The normalized spacial score (nSPS) is 12.7. The highest BCUT2D eigenvalue weighted by Crippen LogP contribution is 2.53. The fourth-order valence-electron chi connectivity index (χ4n) is 16.8. The Kier molecular flexibility index (Phi) is 26.3. The van der Waals surface area contributed by atoms with Crippen molar-refractivity contribution in [2.75, 3.05) is 4.90 Å². The lowest BCUT2D eigenvalue weighted by atomic mass is 9.81. The number of anilines is 3. The third kappa shape index (κ3) is 18.3. The van der Waals surface area contributed by atoms with Crippen LogP contribution in [0.25, 0.3) is 117 Å². The van der Waals surface area contributed by atoms with E-state index in [-0.39, 0.29) is 10.8 Å². The molecule has 9 aromatic heterocycles. The van der Waals surface area contributed by atoms with E-state index in [9.17, 15) is 0 Å². The topological polar surface area (TPSA) is 80.6 Å². The highest BCUT2D eigenvalue weighted by molar-refractivity contribution is 7.25. The Bertz CT molecular complexity index is 6640. The van der Waals surface area contributed by atoms with Gasteiger partial charge < -0.3 is 4.90 Å². The Morgan fingerprint density at radius 1 is 0.262 bits per heavy atom. The second-order valence-electron chi connectivity index (χ2n) is 35.0. The van der Waals surface area contributed by atoms with Crippen LogP contribution in [0.5, 0.6) is 0 Å². The Morgan fingerprint density at radius 3 is 0.825 bits per heavy atom. The molecule has 0 bridgehead atoms. The van der Waals surface area contributed by atoms with Crippen molar-refractivity contribution in [3.05, 3.63) is 345 Å². The molecule has 2 aliphatic rings. The maximum Gasteiger partial charge on any atom is 0.114 e. The lowest BCUT2D eigenvalue weighted by molar-refractivity contribution is 0.659. The molecule has 0 saturated carbocycles. The maximum absolute atomic E-state index is 4.73. The molecule has 10 aromatic carbocycles. The number of benzene rings is 10. The number of hydrogen-bond acceptors (Lipinski definition) is 16. The van der Waals surface area contributed by atoms with E-state index < -0.39 is 0 Å². The standard InChI is InChI=1S/C26H20N2S5.C24H27N.C18H16N2S3.2C17H18.C8H8N2S/c1-13-11-21(31-25(13)19-9-5-15(3)29-19)17-7-8-18(24-23(17)27-33-28-24)22-12-14(2)26(32-22)20-10-6-16(4)30-20;1-5-20(4)21-10-16-24(17-11-21)25(22-12-6-18(2)7-13-22)23-14-8-19(3)9-15-23;1-9-7-15(21-11(9)3)13-5-6-14(18-17(13)19-23-20-18)16-8-10(2)12(4)22-16;2*1-11-5-7-13-14-8-6-12(2)10-16(14)17(3,4)15(13)9-11;1-5-3-4-6(2)8-7(5)9-11-10-8/h5-12H,1-4H3;6-17,20H,5H2,1-4H3;5-8H,1-4H3;2*5-10H,1-4H3;3-4H,1-2H3. The van der Waals surface area contributed by atoms with Crippen molar-refractivity contribution in [3.63, 3.8) is 0 Å². The molecule has 0 N–H and O–H groups in total. The van der Waals surface area contributed by atoms with Gasteiger partial charge >= 0.3 is 0 Å². The molecule has 16 heteroatoms. The van der Waals surface area contributed by atoms with Crippen molar-refractivity contribution in [1.29, 1.82) is 0 Å². The van der Waals surface area contributed by atoms with Crippen LogP contribution in [0.2, 0.25) is 0 Å². The Balaban J connectivity index is 0.000000115. The van der Waals surface area contributed by atoms with Gasteiger partial charge in [0.2, 0.25) is 0 Å². The van der Waals surface area contributed by atoms with Crippen LogP contribution >= 0.6 is 103 Å². The maximum atomic E-state index is 4.73. The molecule has 1 unspecified atom stereocenters. The van der Waals surface area contributed by atoms with Gasteiger partial charge in [-0.25, -0.2) is 0 Å². The average Bonchev–Trinajstić information content (AvgIpc) is 1.58. The molecule has 2 aliphatic carbocycles. The van der Waals surface area contributed by atoms with Crippen LogP contribution < -0.4 is 4.90 Å². The van der Waals surface area contributed by atoms with Crippen molar-refractivity contribution < 1.29 is 0 Å². The van der Waals surface area contributed by atoms with Crippen LogP contribution in [-0.4, -0.2) is 26.2 Å². The van der Waals surface area contributed by atoms with Crippen molar-refractivity contribution in [3.8, 4) is 83.5 Å². The smallest absolute Gasteiger partial charge is 0.114 e. The van der Waals surface area contributed by atoms with Crippen molar-refractivity contribution >= 4 is 153 Å². The third-order valence-electron chi connectivity index (χ3n) is 24.7. The number of fused-ring (bicyclic) bond motifs is 9. The summed E-state index contributed by atoms with van der Waals surface area (Å²) in [6, 6.07) is 84.8. The second kappa shape index (κ2) is 37.2. The van der Waals surface area contributed by atoms with Gasteiger partial charge in [0, 0.05) is 109 Å². The predicted molar refractivity (Wildman–Crippen MR) is 556 cm³/mol. The van der Waals surface area contributed by atoms with Gasteiger partial charge in [-0.1, -0.05) is 221 Å². The lowest BCUT2D eigenvalue weighted by Crippen LogP contribution is -2.15. The number of aromatic nitrogens is 6. The first-order valence-corrected chi connectivity index (χ1v) is 50.2. The molecule has 0 radical (unpaired) electrons. The molecule has 126 heavy (non-hydrogen) atoms. The van der Waals surface area contributed by atoms with Crippen LogP contribution in [0.4, 0.5) is 17.1 Å². The first-order valence-electron chi connectivity index (χ1n) is 43.1. The zero-order valence-electron chi connectivity index (χ0n) is 76.0. The van der Waals surface area contributed by atoms with Crippen LogP contribution in [0.3, 0.4) is 0 Å². The molecular formula is C110H107N7S9. The molecule has 9 heterocycles. The summed E-state index contributed by atoms with van der Waals surface area (Å²) in [7, 11) is 0. The minimum atomic E-state index is 0.142. The van der Waals surface area contributed by atoms with Gasteiger partial charge in [-0.3, -0.25) is 0 Å². The Morgan fingerprint density at radius 2 is 0.540 bits per heavy atom. The molecular weight excluding hydrogens is 1710 g/mol. The van der Waals surface area contributed by atoms with Gasteiger partial charge in [-0.05, 0) is 291 Å². The van der Waals surface area contributed by atoms with Crippen molar-refractivity contribution in [1.82, 2.24) is 26.2 Å². The highest BCUT2D eigenvalue weighted by atomic mass is 32.1. The summed E-state index contributed by atoms with van der Waals surface area (Å²) in [4.78, 5) is 18.2. The van der Waals surface area contributed by atoms with Crippen LogP contribution in [0.15, 0.2) is 231 Å². The fraction of sp³-hybridized carbons (Fsp3) is 0.236. The second-order valence-corrected chi connectivity index (χ2v) is 43.8. The molecule has 636 valence electrons. The first kappa shape index (κ1) is 89.1. The van der Waals surface area contributed by atoms with Crippen LogP contribution in [0, 0.1) is 111 Å². The SMILES string of the molecule is CCC(C)c1ccc(N(c2ccc(C)cc2)c2ccc(C)cc2)cc1.Cc1cc(-c2ccc(-c3cc(C)c(C)s3)c3nsnc23)sc1C.Cc1ccc(-c2sc(-c3ccc(-c4cc(C)c(-c5ccc(C)s5)s4)c4nsnc34)cc2C)s1.Cc1ccc(C)c2nsnc12.Cc1ccc2c(c1)C(C)(C)c1cc(C)ccc1-2.Cc1ccc2c(c1)C(C)(C)c1cc(C)ccc1-2. The van der Waals surface area contributed by atoms with E-state index in [1.54, 1.807) is 0 Å². The minimum Gasteiger partial charge on any atom is -0.311 e. The zero-order valence-corrected chi connectivity index (χ0v) is 83.4. The van der Waals surface area contributed by atoms with E-state index in [0.717, 1.165) is 33.1 Å².